The average Bonchev–Trinajstić information content (AvgIpc) is 3.16. The molecule has 2 aromatic carbocycles. The standard InChI is InChI=1S/C24H25FN4O6S/c1-24(2)33-14-19(35-24)13-29(36(3,31)32)21-12-20(22(26)30)27-23(28-21)15-4-8-17(9-5-15)34-18-10-6-16(25)7-11-18/h4-12,19H,13-14H2,1-3H3,(H2,26,30). The molecule has 1 aliphatic heterocycles. The van der Waals surface area contributed by atoms with Crippen molar-refractivity contribution in [2.45, 2.75) is 25.7 Å². The number of nitrogens with zero attached hydrogens (tertiary/aromatic N) is 3. The second-order valence-electron chi connectivity index (χ2n) is 8.62. The van der Waals surface area contributed by atoms with E-state index >= 15 is 0 Å². The Hall–Kier alpha value is -3.61. The summed E-state index contributed by atoms with van der Waals surface area (Å²) < 4.78 is 56.5. The predicted octanol–water partition coefficient (Wildman–Crippen LogP) is 3.09. The molecule has 0 spiro atoms. The molecular weight excluding hydrogens is 491 g/mol. The van der Waals surface area contributed by atoms with E-state index in [2.05, 4.69) is 9.97 Å². The molecule has 1 amide bonds. The van der Waals surface area contributed by atoms with Gasteiger partial charge < -0.3 is 19.9 Å². The zero-order valence-electron chi connectivity index (χ0n) is 19.8. The number of carbonyl (C=O) groups excluding carboxylic acids is 1. The Labute approximate surface area is 207 Å². The lowest BCUT2D eigenvalue weighted by molar-refractivity contribution is -0.136. The summed E-state index contributed by atoms with van der Waals surface area (Å²) >= 11 is 0. The third kappa shape index (κ3) is 6.14. The molecule has 3 aromatic rings. The molecule has 4 rings (SSSR count). The van der Waals surface area contributed by atoms with Gasteiger partial charge in [-0.15, -0.1) is 0 Å². The van der Waals surface area contributed by atoms with Crippen LogP contribution in [0.2, 0.25) is 0 Å². The minimum Gasteiger partial charge on any atom is -0.457 e. The number of aromatic nitrogens is 2. The average molecular weight is 517 g/mol. The SMILES string of the molecule is CC1(C)OCC(CN(c2cc(C(N)=O)nc(-c3ccc(Oc4ccc(F)cc4)cc3)n2)S(C)(=O)=O)O1. The van der Waals surface area contributed by atoms with Crippen molar-refractivity contribution in [1.82, 2.24) is 9.97 Å². The number of carbonyl (C=O) groups is 1. The fourth-order valence-corrected chi connectivity index (χ4v) is 4.44. The Morgan fingerprint density at radius 1 is 1.14 bits per heavy atom. The van der Waals surface area contributed by atoms with E-state index in [0.717, 1.165) is 10.6 Å². The van der Waals surface area contributed by atoms with Crippen LogP contribution in [0.15, 0.2) is 54.6 Å². The van der Waals surface area contributed by atoms with E-state index in [9.17, 15) is 17.6 Å². The summed E-state index contributed by atoms with van der Waals surface area (Å²) in [6.45, 7) is 3.57. The van der Waals surface area contributed by atoms with Crippen molar-refractivity contribution >= 4 is 21.7 Å². The molecule has 1 aliphatic rings. The zero-order chi connectivity index (χ0) is 26.1. The number of amides is 1. The Balaban J connectivity index is 1.65. The maximum absolute atomic E-state index is 13.1. The van der Waals surface area contributed by atoms with Gasteiger partial charge in [0, 0.05) is 11.6 Å². The van der Waals surface area contributed by atoms with Crippen LogP contribution in [0.25, 0.3) is 11.4 Å². The predicted molar refractivity (Wildman–Crippen MR) is 130 cm³/mol. The van der Waals surface area contributed by atoms with Crippen LogP contribution in [0.5, 0.6) is 11.5 Å². The first-order valence-electron chi connectivity index (χ1n) is 10.9. The smallest absolute Gasteiger partial charge is 0.267 e. The molecule has 1 aromatic heterocycles. The summed E-state index contributed by atoms with van der Waals surface area (Å²) in [7, 11) is -3.82. The molecule has 1 fully saturated rings. The Morgan fingerprint density at radius 3 is 2.28 bits per heavy atom. The minimum absolute atomic E-state index is 0.0313. The van der Waals surface area contributed by atoms with E-state index in [4.69, 9.17) is 19.9 Å². The highest BCUT2D eigenvalue weighted by molar-refractivity contribution is 7.92. The van der Waals surface area contributed by atoms with Crippen LogP contribution < -0.4 is 14.8 Å². The number of halogens is 1. The van der Waals surface area contributed by atoms with Gasteiger partial charge in [-0.3, -0.25) is 9.10 Å². The molecule has 190 valence electrons. The summed E-state index contributed by atoms with van der Waals surface area (Å²) in [4.78, 5) is 20.6. The van der Waals surface area contributed by atoms with Crippen LogP contribution in [0, 0.1) is 5.82 Å². The van der Waals surface area contributed by atoms with Crippen LogP contribution in [0.4, 0.5) is 10.2 Å². The van der Waals surface area contributed by atoms with E-state index in [0.29, 0.717) is 17.1 Å². The van der Waals surface area contributed by atoms with Crippen molar-refractivity contribution in [2.75, 3.05) is 23.7 Å². The number of anilines is 1. The topological polar surface area (TPSA) is 134 Å². The van der Waals surface area contributed by atoms with Crippen LogP contribution in [0.3, 0.4) is 0 Å². The molecule has 12 heteroatoms. The van der Waals surface area contributed by atoms with Gasteiger partial charge in [-0.1, -0.05) is 0 Å². The summed E-state index contributed by atoms with van der Waals surface area (Å²) in [5, 5.41) is 0. The van der Waals surface area contributed by atoms with Gasteiger partial charge in [-0.2, -0.15) is 0 Å². The third-order valence-electron chi connectivity index (χ3n) is 5.22. The van der Waals surface area contributed by atoms with Gasteiger partial charge in [0.25, 0.3) is 5.91 Å². The number of sulfonamides is 1. The minimum atomic E-state index is -3.82. The molecule has 2 heterocycles. The Kier molecular flexibility index (Phi) is 6.94. The van der Waals surface area contributed by atoms with Gasteiger partial charge in [0.1, 0.15) is 34.9 Å². The van der Waals surface area contributed by atoms with Gasteiger partial charge in [-0.25, -0.2) is 22.8 Å². The molecular formula is C24H25FN4O6S. The number of ether oxygens (including phenoxy) is 3. The highest BCUT2D eigenvalue weighted by Gasteiger charge is 2.36. The summed E-state index contributed by atoms with van der Waals surface area (Å²) in [5.74, 6) is -1.09. The maximum Gasteiger partial charge on any atom is 0.267 e. The number of nitrogens with two attached hydrogens (primary N) is 1. The van der Waals surface area contributed by atoms with Gasteiger partial charge in [0.05, 0.1) is 19.4 Å². The van der Waals surface area contributed by atoms with Gasteiger partial charge in [0.15, 0.2) is 11.6 Å². The van der Waals surface area contributed by atoms with Crippen molar-refractivity contribution in [3.8, 4) is 22.9 Å². The van der Waals surface area contributed by atoms with E-state index < -0.39 is 27.8 Å². The molecule has 1 unspecified atom stereocenters. The first kappa shape index (κ1) is 25.5. The molecule has 0 radical (unpaired) electrons. The number of benzene rings is 2. The maximum atomic E-state index is 13.1. The zero-order valence-corrected chi connectivity index (χ0v) is 20.7. The second kappa shape index (κ2) is 9.80. The first-order valence-corrected chi connectivity index (χ1v) is 12.8. The van der Waals surface area contributed by atoms with Crippen molar-refractivity contribution in [3.05, 3.63) is 66.1 Å². The quantitative estimate of drug-likeness (QED) is 0.483. The van der Waals surface area contributed by atoms with Crippen LogP contribution in [-0.4, -0.2) is 55.6 Å². The summed E-state index contributed by atoms with van der Waals surface area (Å²) in [5.41, 5.74) is 5.80. The Bertz CT molecular complexity index is 1360. The van der Waals surface area contributed by atoms with E-state index in [-0.39, 0.29) is 36.3 Å². The fraction of sp³-hybridized carbons (Fsp3) is 0.292. The molecule has 1 saturated heterocycles. The monoisotopic (exact) mass is 516 g/mol. The third-order valence-corrected chi connectivity index (χ3v) is 6.36. The van der Waals surface area contributed by atoms with E-state index in [1.807, 2.05) is 0 Å². The number of hydrogen-bond donors (Lipinski definition) is 1. The number of primary amides is 1. The normalized spacial score (nSPS) is 17.1. The highest BCUT2D eigenvalue weighted by Crippen LogP contribution is 2.28. The molecule has 0 aliphatic carbocycles. The van der Waals surface area contributed by atoms with Crippen LogP contribution in [0.1, 0.15) is 24.3 Å². The lowest BCUT2D eigenvalue weighted by Gasteiger charge is -2.25. The van der Waals surface area contributed by atoms with Crippen molar-refractivity contribution < 1.29 is 31.8 Å². The summed E-state index contributed by atoms with van der Waals surface area (Å²) in [6.07, 6.45) is 0.481. The van der Waals surface area contributed by atoms with Gasteiger partial charge in [-0.05, 0) is 62.4 Å². The van der Waals surface area contributed by atoms with Crippen molar-refractivity contribution in [1.29, 1.82) is 0 Å². The molecule has 2 N–H and O–H groups in total. The summed E-state index contributed by atoms with van der Waals surface area (Å²) in [6, 6.07) is 13.3. The lowest BCUT2D eigenvalue weighted by atomic mass is 10.2. The largest absolute Gasteiger partial charge is 0.457 e. The molecule has 36 heavy (non-hydrogen) atoms. The van der Waals surface area contributed by atoms with E-state index in [1.54, 1.807) is 38.1 Å². The van der Waals surface area contributed by atoms with Crippen LogP contribution >= 0.6 is 0 Å². The lowest BCUT2D eigenvalue weighted by Crippen LogP contribution is -2.39. The molecule has 0 saturated carbocycles. The Morgan fingerprint density at radius 2 is 1.75 bits per heavy atom. The van der Waals surface area contributed by atoms with Gasteiger partial charge >= 0.3 is 0 Å². The first-order chi connectivity index (χ1) is 16.9. The van der Waals surface area contributed by atoms with Crippen molar-refractivity contribution in [3.63, 3.8) is 0 Å². The fourth-order valence-electron chi connectivity index (χ4n) is 3.57. The second-order valence-corrected chi connectivity index (χ2v) is 10.5. The van der Waals surface area contributed by atoms with Crippen molar-refractivity contribution in [2.24, 2.45) is 5.73 Å². The highest BCUT2D eigenvalue weighted by atomic mass is 32.2. The molecule has 10 nitrogen and oxygen atoms in total. The molecule has 0 bridgehead atoms. The van der Waals surface area contributed by atoms with Crippen LogP contribution in [-0.2, 0) is 19.5 Å². The number of hydrogen-bond acceptors (Lipinski definition) is 8. The number of rotatable bonds is 8. The molecule has 1 atom stereocenters. The van der Waals surface area contributed by atoms with Gasteiger partial charge in [0.2, 0.25) is 10.0 Å². The van der Waals surface area contributed by atoms with E-state index in [1.165, 1.54) is 30.3 Å².